The van der Waals surface area contributed by atoms with Crippen molar-refractivity contribution in [2.75, 3.05) is 20.2 Å². The molecule has 5 rings (SSSR count). The van der Waals surface area contributed by atoms with Gasteiger partial charge in [-0.2, -0.15) is 0 Å². The smallest absolute Gasteiger partial charge is 0.271 e. The minimum absolute atomic E-state index is 0.145. The van der Waals surface area contributed by atoms with E-state index in [1.54, 1.807) is 28.7 Å². The maximum Gasteiger partial charge on any atom is 0.271 e. The highest BCUT2D eigenvalue weighted by Gasteiger charge is 2.35. The summed E-state index contributed by atoms with van der Waals surface area (Å²) in [7, 11) is 1.59. The van der Waals surface area contributed by atoms with Gasteiger partial charge in [0.15, 0.2) is 4.80 Å². The van der Waals surface area contributed by atoms with Crippen LogP contribution >= 0.6 is 34.5 Å². The lowest BCUT2D eigenvalue weighted by Crippen LogP contribution is -2.43. The van der Waals surface area contributed by atoms with Crippen LogP contribution in [0.1, 0.15) is 43.5 Å². The summed E-state index contributed by atoms with van der Waals surface area (Å²) < 4.78 is 13.7. The number of rotatable bonds is 9. The van der Waals surface area contributed by atoms with Crippen LogP contribution in [0.15, 0.2) is 87.8 Å². The summed E-state index contributed by atoms with van der Waals surface area (Å²) in [5.41, 5.74) is 3.29. The zero-order chi connectivity index (χ0) is 30.7. The van der Waals surface area contributed by atoms with Crippen LogP contribution in [0.5, 0.6) is 11.5 Å². The fraction of sp³-hybridized carbons (Fsp3) is 0.242. The molecule has 7 nitrogen and oxygen atoms in total. The topological polar surface area (TPSA) is 73.1 Å². The molecule has 0 saturated carbocycles. The highest BCUT2D eigenvalue weighted by atomic mass is 35.5. The maximum absolute atomic E-state index is 14.0. The van der Waals surface area contributed by atoms with Crippen LogP contribution in [-0.2, 0) is 11.4 Å². The molecule has 10 heteroatoms. The quantitative estimate of drug-likeness (QED) is 0.226. The number of carbonyl (C=O) groups is 1. The van der Waals surface area contributed by atoms with E-state index in [9.17, 15) is 9.59 Å². The van der Waals surface area contributed by atoms with Crippen molar-refractivity contribution in [2.24, 2.45) is 4.99 Å². The van der Waals surface area contributed by atoms with E-state index >= 15 is 0 Å². The summed E-state index contributed by atoms with van der Waals surface area (Å²) >= 11 is 13.4. The number of halogens is 2. The lowest BCUT2D eigenvalue weighted by atomic mass is 9.94. The molecule has 43 heavy (non-hydrogen) atoms. The fourth-order valence-electron chi connectivity index (χ4n) is 5.07. The van der Waals surface area contributed by atoms with Crippen LogP contribution in [-0.4, -0.2) is 35.6 Å². The molecule has 0 bridgehead atoms. The SMILES string of the molecule is CCN(CC)C(=O)C1=C(C)N=c2s/c(=C/c3ccc(OCc4ccc(Cl)c(Cl)c4)cc3)c(=O)n2[C@@H]1c1ccccc1OC. The second-order valence-electron chi connectivity index (χ2n) is 9.91. The fourth-order valence-corrected chi connectivity index (χ4v) is 6.44. The molecule has 1 aliphatic rings. The van der Waals surface area contributed by atoms with Gasteiger partial charge in [-0.05, 0) is 68.3 Å². The van der Waals surface area contributed by atoms with E-state index in [0.717, 1.165) is 16.7 Å². The first-order chi connectivity index (χ1) is 20.7. The number of nitrogens with zero attached hydrogens (tertiary/aromatic N) is 3. The minimum atomic E-state index is -0.681. The van der Waals surface area contributed by atoms with Crippen molar-refractivity contribution in [3.05, 3.63) is 124 Å². The van der Waals surface area contributed by atoms with Gasteiger partial charge in [-0.1, -0.05) is 70.9 Å². The van der Waals surface area contributed by atoms with E-state index in [1.165, 1.54) is 11.3 Å². The molecule has 0 saturated heterocycles. The lowest BCUT2D eigenvalue weighted by Gasteiger charge is -2.29. The maximum atomic E-state index is 14.0. The zero-order valence-corrected chi connectivity index (χ0v) is 26.6. The summed E-state index contributed by atoms with van der Waals surface area (Å²) in [6.07, 6.45) is 1.83. The molecule has 1 atom stereocenters. The van der Waals surface area contributed by atoms with Gasteiger partial charge in [0.1, 0.15) is 24.1 Å². The number of allylic oxidation sites excluding steroid dienone is 1. The van der Waals surface area contributed by atoms with E-state index < -0.39 is 6.04 Å². The number of aromatic nitrogens is 1. The number of fused-ring (bicyclic) bond motifs is 1. The third-order valence-electron chi connectivity index (χ3n) is 7.30. The third kappa shape index (κ3) is 6.27. The molecule has 2 heterocycles. The monoisotopic (exact) mass is 635 g/mol. The molecule has 3 aromatic carbocycles. The number of para-hydroxylation sites is 1. The molecule has 1 amide bonds. The average molecular weight is 637 g/mol. The van der Waals surface area contributed by atoms with Crippen LogP contribution in [0.2, 0.25) is 10.0 Å². The summed E-state index contributed by atoms with van der Waals surface area (Å²) in [6, 6.07) is 19.7. The Hall–Kier alpha value is -3.85. The van der Waals surface area contributed by atoms with Gasteiger partial charge in [-0.25, -0.2) is 4.99 Å². The van der Waals surface area contributed by atoms with Crippen molar-refractivity contribution >= 4 is 46.5 Å². The highest BCUT2D eigenvalue weighted by Crippen LogP contribution is 2.36. The van der Waals surface area contributed by atoms with E-state index in [0.29, 0.717) is 61.8 Å². The van der Waals surface area contributed by atoms with Gasteiger partial charge in [0.2, 0.25) is 0 Å². The van der Waals surface area contributed by atoms with Crippen molar-refractivity contribution in [1.82, 2.24) is 9.47 Å². The molecule has 1 aromatic heterocycles. The lowest BCUT2D eigenvalue weighted by molar-refractivity contribution is -0.127. The van der Waals surface area contributed by atoms with Crippen LogP contribution in [0.3, 0.4) is 0 Å². The Morgan fingerprint density at radius 2 is 1.77 bits per heavy atom. The van der Waals surface area contributed by atoms with Crippen LogP contribution < -0.4 is 24.4 Å². The molecule has 0 spiro atoms. The Morgan fingerprint density at radius 1 is 1.05 bits per heavy atom. The summed E-state index contributed by atoms with van der Waals surface area (Å²) in [5.74, 6) is 1.13. The minimum Gasteiger partial charge on any atom is -0.496 e. The second-order valence-corrected chi connectivity index (χ2v) is 11.7. The first-order valence-electron chi connectivity index (χ1n) is 13.9. The van der Waals surface area contributed by atoms with Crippen molar-refractivity contribution < 1.29 is 14.3 Å². The first kappa shape index (κ1) is 30.6. The molecule has 4 aromatic rings. The standard InChI is InChI=1S/C33H31Cl2N3O4S/c1-5-37(6-2)32(40)29-20(3)36-33-38(30(29)24-9-7-8-10-27(24)41-4)31(39)28(43-33)18-21-11-14-23(15-12-21)42-19-22-13-16-25(34)26(35)17-22/h7-18,30H,5-6,19H2,1-4H3/b28-18+/t30-/m1/s1. The van der Waals surface area contributed by atoms with Crippen LogP contribution in [0, 0.1) is 0 Å². The van der Waals surface area contributed by atoms with Crippen LogP contribution in [0.4, 0.5) is 0 Å². The van der Waals surface area contributed by atoms with E-state index in [4.69, 9.17) is 37.7 Å². The van der Waals surface area contributed by atoms with Crippen molar-refractivity contribution in [3.8, 4) is 11.5 Å². The van der Waals surface area contributed by atoms with Gasteiger partial charge in [-0.15, -0.1) is 0 Å². The van der Waals surface area contributed by atoms with Crippen molar-refractivity contribution in [2.45, 2.75) is 33.4 Å². The van der Waals surface area contributed by atoms with Gasteiger partial charge in [0.25, 0.3) is 11.5 Å². The molecular formula is C33H31Cl2N3O4S. The predicted molar refractivity (Wildman–Crippen MR) is 172 cm³/mol. The Labute approximate surface area is 263 Å². The molecule has 0 aliphatic carbocycles. The number of ether oxygens (including phenoxy) is 2. The number of benzene rings is 3. The van der Waals surface area contributed by atoms with E-state index in [2.05, 4.69) is 0 Å². The molecule has 0 radical (unpaired) electrons. The number of hydrogen-bond donors (Lipinski definition) is 0. The summed E-state index contributed by atoms with van der Waals surface area (Å²) in [5, 5.41) is 0.975. The average Bonchev–Trinajstić information content (AvgIpc) is 3.31. The Kier molecular flexibility index (Phi) is 9.40. The zero-order valence-electron chi connectivity index (χ0n) is 24.3. The number of amides is 1. The van der Waals surface area contributed by atoms with E-state index in [-0.39, 0.29) is 11.5 Å². The largest absolute Gasteiger partial charge is 0.496 e. The highest BCUT2D eigenvalue weighted by molar-refractivity contribution is 7.07. The summed E-state index contributed by atoms with van der Waals surface area (Å²) in [4.78, 5) is 34.8. The van der Waals surface area contributed by atoms with Crippen molar-refractivity contribution in [3.63, 3.8) is 0 Å². The first-order valence-corrected chi connectivity index (χ1v) is 15.4. The van der Waals surface area contributed by atoms with Gasteiger partial charge in [0, 0.05) is 18.7 Å². The Balaban J connectivity index is 1.52. The number of methoxy groups -OCH3 is 1. The third-order valence-corrected chi connectivity index (χ3v) is 9.03. The van der Waals surface area contributed by atoms with Gasteiger partial charge >= 0.3 is 0 Å². The number of hydrogen-bond acceptors (Lipinski definition) is 6. The van der Waals surface area contributed by atoms with E-state index in [1.807, 2.05) is 81.4 Å². The number of carbonyl (C=O) groups excluding carboxylic acids is 1. The molecule has 0 N–H and O–H groups in total. The van der Waals surface area contributed by atoms with Crippen LogP contribution in [0.25, 0.3) is 6.08 Å². The number of thiazole rings is 1. The molecule has 0 unspecified atom stereocenters. The van der Waals surface area contributed by atoms with Gasteiger partial charge < -0.3 is 14.4 Å². The van der Waals surface area contributed by atoms with Gasteiger partial charge in [0.05, 0.1) is 33.0 Å². The van der Waals surface area contributed by atoms with Crippen molar-refractivity contribution in [1.29, 1.82) is 0 Å². The Bertz CT molecular complexity index is 1880. The van der Waals surface area contributed by atoms with Gasteiger partial charge in [-0.3, -0.25) is 14.2 Å². The normalized spacial score (nSPS) is 14.7. The number of likely N-dealkylation sites (N-methyl/N-ethyl adjacent to an activating group) is 1. The molecule has 0 fully saturated rings. The molecule has 222 valence electrons. The Morgan fingerprint density at radius 3 is 2.44 bits per heavy atom. The summed E-state index contributed by atoms with van der Waals surface area (Å²) in [6.45, 7) is 7.13. The predicted octanol–water partition coefficient (Wildman–Crippen LogP) is 6.00. The molecular weight excluding hydrogens is 605 g/mol. The molecule has 1 aliphatic heterocycles. The second kappa shape index (κ2) is 13.2.